The van der Waals surface area contributed by atoms with Gasteiger partial charge in [0.2, 0.25) is 5.91 Å². The summed E-state index contributed by atoms with van der Waals surface area (Å²) >= 11 is 5.26. The van der Waals surface area contributed by atoms with E-state index in [2.05, 4.69) is 49.2 Å². The van der Waals surface area contributed by atoms with Gasteiger partial charge >= 0.3 is 0 Å². The second-order valence-electron chi connectivity index (χ2n) is 5.83. The Balaban J connectivity index is 2.12. The van der Waals surface area contributed by atoms with Crippen molar-refractivity contribution < 1.29 is 4.79 Å². The lowest BCUT2D eigenvalue weighted by Gasteiger charge is -2.30. The summed E-state index contributed by atoms with van der Waals surface area (Å²) in [7, 11) is 0. The summed E-state index contributed by atoms with van der Waals surface area (Å²) in [6.45, 7) is 8.29. The van der Waals surface area contributed by atoms with Crippen LogP contribution >= 0.6 is 12.2 Å². The molecule has 0 bridgehead atoms. The molecule has 21 heavy (non-hydrogen) atoms. The molecule has 1 aromatic carbocycles. The first kappa shape index (κ1) is 16.0. The normalized spacial score (nSPS) is 15.5. The van der Waals surface area contributed by atoms with Gasteiger partial charge in [-0.05, 0) is 47.7 Å². The highest BCUT2D eigenvalue weighted by Gasteiger charge is 2.20. The number of carbonyl (C=O) groups excluding carboxylic acids is 1. The van der Waals surface area contributed by atoms with Crippen LogP contribution in [-0.4, -0.2) is 29.0 Å². The molecule has 1 amide bonds. The third kappa shape index (κ3) is 3.82. The summed E-state index contributed by atoms with van der Waals surface area (Å²) in [6, 6.07) is 6.61. The zero-order chi connectivity index (χ0) is 15.4. The van der Waals surface area contributed by atoms with E-state index in [1.807, 2.05) is 0 Å². The van der Waals surface area contributed by atoms with Crippen LogP contribution in [0.4, 0.5) is 0 Å². The van der Waals surface area contributed by atoms with Crippen LogP contribution in [0, 0.1) is 0 Å². The average molecular weight is 304 g/mol. The number of nitrogens with one attached hydrogen (secondary N) is 1. The Bertz CT molecular complexity index is 540. The quantitative estimate of drug-likeness (QED) is 0.849. The van der Waals surface area contributed by atoms with Crippen molar-refractivity contribution in [1.82, 2.24) is 10.2 Å². The van der Waals surface area contributed by atoms with Gasteiger partial charge in [-0.15, -0.1) is 0 Å². The summed E-state index contributed by atoms with van der Waals surface area (Å²) in [4.78, 5) is 13.4. The molecule has 4 heteroatoms. The summed E-state index contributed by atoms with van der Waals surface area (Å²) in [5.41, 5.74) is 4.31. The van der Waals surface area contributed by atoms with Gasteiger partial charge < -0.3 is 10.2 Å². The largest absolute Gasteiger partial charge is 0.348 e. The van der Waals surface area contributed by atoms with E-state index < -0.39 is 0 Å². The van der Waals surface area contributed by atoms with Crippen molar-refractivity contribution in [3.05, 3.63) is 34.9 Å². The lowest BCUT2D eigenvalue weighted by atomic mass is 9.90. The fraction of sp³-hybridized carbons (Fsp3) is 0.529. The van der Waals surface area contributed by atoms with Crippen molar-refractivity contribution in [3.8, 4) is 0 Å². The maximum Gasteiger partial charge on any atom is 0.227 e. The molecule has 1 N–H and O–H groups in total. The number of nitrogens with zero attached hydrogens (tertiary/aromatic N) is 1. The van der Waals surface area contributed by atoms with Gasteiger partial charge in [-0.3, -0.25) is 4.79 Å². The molecule has 1 heterocycles. The molecule has 2 rings (SSSR count). The van der Waals surface area contributed by atoms with E-state index in [1.54, 1.807) is 0 Å². The van der Waals surface area contributed by atoms with Crippen LogP contribution in [0.2, 0.25) is 0 Å². The Morgan fingerprint density at radius 1 is 1.38 bits per heavy atom. The van der Waals surface area contributed by atoms with Crippen LogP contribution in [0.5, 0.6) is 0 Å². The Morgan fingerprint density at radius 2 is 2.14 bits per heavy atom. The van der Waals surface area contributed by atoms with Crippen LogP contribution < -0.4 is 5.32 Å². The van der Waals surface area contributed by atoms with E-state index in [9.17, 15) is 4.79 Å². The first-order chi connectivity index (χ1) is 10.0. The smallest absolute Gasteiger partial charge is 0.227 e. The number of benzene rings is 1. The Morgan fingerprint density at radius 3 is 2.76 bits per heavy atom. The lowest BCUT2D eigenvalue weighted by Crippen LogP contribution is -2.49. The predicted octanol–water partition coefficient (Wildman–Crippen LogP) is 3.02. The van der Waals surface area contributed by atoms with Crippen LogP contribution in [0.15, 0.2) is 18.2 Å². The first-order valence-electron chi connectivity index (χ1n) is 7.72. The second-order valence-corrected chi connectivity index (χ2v) is 6.22. The van der Waals surface area contributed by atoms with Gasteiger partial charge in [0.25, 0.3) is 0 Å². The number of amides is 1. The van der Waals surface area contributed by atoms with Gasteiger partial charge in [0.1, 0.15) is 0 Å². The maximum absolute atomic E-state index is 11.3. The fourth-order valence-corrected chi connectivity index (χ4v) is 3.19. The van der Waals surface area contributed by atoms with E-state index in [1.165, 1.54) is 16.7 Å². The molecule has 0 atom stereocenters. The van der Waals surface area contributed by atoms with Crippen LogP contribution in [0.1, 0.15) is 49.8 Å². The highest BCUT2D eigenvalue weighted by molar-refractivity contribution is 7.80. The molecule has 1 aromatic rings. The molecule has 1 saturated heterocycles. The predicted molar refractivity (Wildman–Crippen MR) is 90.5 cm³/mol. The minimum absolute atomic E-state index is 0.0353. The number of carbonyl (C=O) groups is 1. The van der Waals surface area contributed by atoms with Crippen molar-refractivity contribution in [2.24, 2.45) is 0 Å². The molecule has 1 fully saturated rings. The van der Waals surface area contributed by atoms with E-state index in [0.29, 0.717) is 17.5 Å². The van der Waals surface area contributed by atoms with E-state index in [0.717, 1.165) is 25.9 Å². The topological polar surface area (TPSA) is 32.3 Å². The standard InChI is InChI=1S/C17H24N2OS/c1-4-13-6-5-7-14(12(2)3)15(13)8-10-19-11-9-16(20)18-17(19)21/h5-7,12H,4,8-11H2,1-3H3,(H,18,20,21). The van der Waals surface area contributed by atoms with Crippen LogP contribution in [-0.2, 0) is 17.6 Å². The van der Waals surface area contributed by atoms with Crippen molar-refractivity contribution in [2.75, 3.05) is 13.1 Å². The summed E-state index contributed by atoms with van der Waals surface area (Å²) < 4.78 is 0. The monoisotopic (exact) mass is 304 g/mol. The average Bonchev–Trinajstić information content (AvgIpc) is 2.45. The van der Waals surface area contributed by atoms with E-state index in [4.69, 9.17) is 12.2 Å². The molecule has 0 aromatic heterocycles. The highest BCUT2D eigenvalue weighted by Crippen LogP contribution is 2.24. The van der Waals surface area contributed by atoms with Gasteiger partial charge in [0.05, 0.1) is 0 Å². The molecular weight excluding hydrogens is 280 g/mol. The summed E-state index contributed by atoms with van der Waals surface area (Å²) in [5.74, 6) is 0.563. The molecule has 0 saturated carbocycles. The molecule has 0 unspecified atom stereocenters. The van der Waals surface area contributed by atoms with Gasteiger partial charge in [-0.1, -0.05) is 39.0 Å². The zero-order valence-corrected chi connectivity index (χ0v) is 13.9. The number of thiocarbonyl (C=S) groups is 1. The minimum atomic E-state index is 0.0353. The van der Waals surface area contributed by atoms with Crippen molar-refractivity contribution in [1.29, 1.82) is 0 Å². The molecule has 0 radical (unpaired) electrons. The number of aryl methyl sites for hydroxylation is 1. The van der Waals surface area contributed by atoms with Gasteiger partial charge in [0, 0.05) is 19.5 Å². The molecule has 0 aliphatic carbocycles. The zero-order valence-electron chi connectivity index (χ0n) is 13.1. The molecule has 1 aliphatic rings. The van der Waals surface area contributed by atoms with Gasteiger partial charge in [0.15, 0.2) is 5.11 Å². The minimum Gasteiger partial charge on any atom is -0.348 e. The van der Waals surface area contributed by atoms with Crippen molar-refractivity contribution in [2.45, 2.75) is 46.0 Å². The third-order valence-corrected chi connectivity index (χ3v) is 4.45. The molecule has 3 nitrogen and oxygen atoms in total. The Hall–Kier alpha value is -1.42. The lowest BCUT2D eigenvalue weighted by molar-refractivity contribution is -0.120. The van der Waals surface area contributed by atoms with Crippen molar-refractivity contribution >= 4 is 23.2 Å². The molecular formula is C17H24N2OS. The maximum atomic E-state index is 11.3. The summed E-state index contributed by atoms with van der Waals surface area (Å²) in [6.07, 6.45) is 2.57. The highest BCUT2D eigenvalue weighted by atomic mass is 32.1. The van der Waals surface area contributed by atoms with E-state index in [-0.39, 0.29) is 5.91 Å². The summed E-state index contributed by atoms with van der Waals surface area (Å²) in [5, 5.41) is 3.33. The number of hydrogen-bond acceptors (Lipinski definition) is 2. The molecule has 1 aliphatic heterocycles. The Kier molecular flexibility index (Phi) is 5.34. The first-order valence-corrected chi connectivity index (χ1v) is 8.13. The fourth-order valence-electron chi connectivity index (χ4n) is 2.89. The van der Waals surface area contributed by atoms with Crippen LogP contribution in [0.25, 0.3) is 0 Å². The Labute approximate surface area is 132 Å². The van der Waals surface area contributed by atoms with Gasteiger partial charge in [-0.25, -0.2) is 0 Å². The SMILES string of the molecule is CCc1cccc(C(C)C)c1CCN1CCC(=O)NC1=S. The van der Waals surface area contributed by atoms with Crippen LogP contribution in [0.3, 0.4) is 0 Å². The second kappa shape index (κ2) is 7.03. The molecule has 0 spiro atoms. The van der Waals surface area contributed by atoms with Gasteiger partial charge in [-0.2, -0.15) is 0 Å². The molecule has 114 valence electrons. The third-order valence-electron chi connectivity index (χ3n) is 4.09. The number of rotatable bonds is 5. The van der Waals surface area contributed by atoms with E-state index >= 15 is 0 Å². The van der Waals surface area contributed by atoms with Crippen molar-refractivity contribution in [3.63, 3.8) is 0 Å². The number of hydrogen-bond donors (Lipinski definition) is 1.